The lowest BCUT2D eigenvalue weighted by Crippen LogP contribution is -2.41. The van der Waals surface area contributed by atoms with E-state index in [9.17, 15) is 13.2 Å². The lowest BCUT2D eigenvalue weighted by atomic mass is 10.0. The van der Waals surface area contributed by atoms with Crippen LogP contribution in [0.4, 0.5) is 10.5 Å². The summed E-state index contributed by atoms with van der Waals surface area (Å²) in [4.78, 5) is 21.9. The minimum Gasteiger partial charge on any atom is -0.347 e. The molecule has 0 radical (unpaired) electrons. The molecule has 128 valence electrons. The van der Waals surface area contributed by atoms with Crippen molar-refractivity contribution in [3.8, 4) is 0 Å². The standard InChI is InChI=1S/C16H20N4O3S/c1-24(22,23)13-6-4-5-12(11-13)19-16(21)20-10-3-2-7-14(20)15-17-8-9-18-15/h4-6,8-9,11,14H,2-3,7,10H2,1H3,(H,17,18)(H,19,21)/t14-/m0/s1. The molecule has 0 unspecified atom stereocenters. The number of piperidine rings is 1. The number of benzene rings is 1. The highest BCUT2D eigenvalue weighted by Crippen LogP contribution is 2.29. The molecule has 0 saturated carbocycles. The SMILES string of the molecule is CS(=O)(=O)c1cccc(NC(=O)N2CCCC[C@H]2c2ncc[nH]2)c1. The number of urea groups is 1. The first-order chi connectivity index (χ1) is 11.4. The van der Waals surface area contributed by atoms with Gasteiger partial charge in [-0.05, 0) is 37.5 Å². The van der Waals surface area contributed by atoms with Crippen LogP contribution in [-0.2, 0) is 9.84 Å². The average Bonchev–Trinajstić information content (AvgIpc) is 3.08. The highest BCUT2D eigenvalue weighted by Gasteiger charge is 2.29. The maximum absolute atomic E-state index is 12.7. The fourth-order valence-corrected chi connectivity index (χ4v) is 3.59. The number of hydrogen-bond donors (Lipinski definition) is 2. The van der Waals surface area contributed by atoms with E-state index in [0.29, 0.717) is 12.2 Å². The lowest BCUT2D eigenvalue weighted by molar-refractivity contribution is 0.160. The molecule has 1 aliphatic heterocycles. The van der Waals surface area contributed by atoms with E-state index in [1.54, 1.807) is 29.4 Å². The van der Waals surface area contributed by atoms with Crippen molar-refractivity contribution in [3.05, 3.63) is 42.5 Å². The van der Waals surface area contributed by atoms with Crippen molar-refractivity contribution in [2.45, 2.75) is 30.2 Å². The third-order valence-electron chi connectivity index (χ3n) is 4.11. The molecule has 2 heterocycles. The summed E-state index contributed by atoms with van der Waals surface area (Å²) < 4.78 is 23.3. The van der Waals surface area contributed by atoms with Crippen molar-refractivity contribution in [2.75, 3.05) is 18.1 Å². The maximum atomic E-state index is 12.7. The quantitative estimate of drug-likeness (QED) is 0.891. The number of amides is 2. The van der Waals surface area contributed by atoms with Crippen molar-refractivity contribution in [1.82, 2.24) is 14.9 Å². The van der Waals surface area contributed by atoms with E-state index in [-0.39, 0.29) is 17.0 Å². The first kappa shape index (κ1) is 16.5. The Kier molecular flexibility index (Phi) is 4.57. The average molecular weight is 348 g/mol. The van der Waals surface area contributed by atoms with Crippen molar-refractivity contribution in [1.29, 1.82) is 0 Å². The second-order valence-electron chi connectivity index (χ2n) is 5.91. The molecule has 2 amide bonds. The Balaban J connectivity index is 1.78. The van der Waals surface area contributed by atoms with Crippen LogP contribution in [0.25, 0.3) is 0 Å². The summed E-state index contributed by atoms with van der Waals surface area (Å²) in [6.45, 7) is 0.642. The molecular formula is C16H20N4O3S. The van der Waals surface area contributed by atoms with Gasteiger partial charge < -0.3 is 15.2 Å². The number of sulfone groups is 1. The predicted molar refractivity (Wildman–Crippen MR) is 90.5 cm³/mol. The number of H-pyrrole nitrogens is 1. The topological polar surface area (TPSA) is 95.2 Å². The van der Waals surface area contributed by atoms with Crippen LogP contribution in [-0.4, -0.2) is 42.1 Å². The highest BCUT2D eigenvalue weighted by atomic mass is 32.2. The zero-order valence-electron chi connectivity index (χ0n) is 13.4. The highest BCUT2D eigenvalue weighted by molar-refractivity contribution is 7.90. The number of carbonyl (C=O) groups excluding carboxylic acids is 1. The number of nitrogens with zero attached hydrogens (tertiary/aromatic N) is 2. The number of carbonyl (C=O) groups is 1. The molecule has 1 aromatic carbocycles. The van der Waals surface area contributed by atoms with Gasteiger partial charge in [0.05, 0.1) is 10.9 Å². The third kappa shape index (κ3) is 3.59. The Morgan fingerprint density at radius 1 is 1.38 bits per heavy atom. The van der Waals surface area contributed by atoms with E-state index in [1.165, 1.54) is 12.1 Å². The fourth-order valence-electron chi connectivity index (χ4n) is 2.92. The number of imidazole rings is 1. The monoisotopic (exact) mass is 348 g/mol. The van der Waals surface area contributed by atoms with Crippen LogP contribution < -0.4 is 5.32 Å². The molecule has 1 saturated heterocycles. The van der Waals surface area contributed by atoms with Crippen molar-refractivity contribution >= 4 is 21.6 Å². The second kappa shape index (κ2) is 6.64. The van der Waals surface area contributed by atoms with Gasteiger partial charge in [-0.3, -0.25) is 0 Å². The number of rotatable bonds is 3. The molecule has 1 fully saturated rings. The molecule has 1 aromatic heterocycles. The number of likely N-dealkylation sites (tertiary alicyclic amines) is 1. The largest absolute Gasteiger partial charge is 0.347 e. The van der Waals surface area contributed by atoms with E-state index >= 15 is 0 Å². The minimum absolute atomic E-state index is 0.0909. The number of anilines is 1. The molecule has 1 atom stereocenters. The van der Waals surface area contributed by atoms with E-state index in [1.807, 2.05) is 0 Å². The maximum Gasteiger partial charge on any atom is 0.322 e. The summed E-state index contributed by atoms with van der Waals surface area (Å²) >= 11 is 0. The number of hydrogen-bond acceptors (Lipinski definition) is 4. The zero-order valence-corrected chi connectivity index (χ0v) is 14.2. The van der Waals surface area contributed by atoms with Crippen molar-refractivity contribution in [3.63, 3.8) is 0 Å². The van der Waals surface area contributed by atoms with Crippen LogP contribution in [0.2, 0.25) is 0 Å². The first-order valence-corrected chi connectivity index (χ1v) is 9.71. The van der Waals surface area contributed by atoms with E-state index in [4.69, 9.17) is 0 Å². The summed E-state index contributed by atoms with van der Waals surface area (Å²) in [7, 11) is -3.31. The van der Waals surface area contributed by atoms with Gasteiger partial charge in [0, 0.05) is 30.9 Å². The normalized spacial score (nSPS) is 18.4. The van der Waals surface area contributed by atoms with Gasteiger partial charge in [-0.15, -0.1) is 0 Å². The minimum atomic E-state index is -3.31. The molecule has 7 nitrogen and oxygen atoms in total. The van der Waals surface area contributed by atoms with Gasteiger partial charge >= 0.3 is 6.03 Å². The van der Waals surface area contributed by atoms with Crippen LogP contribution in [0.3, 0.4) is 0 Å². The summed E-state index contributed by atoms with van der Waals surface area (Å²) in [5.41, 5.74) is 0.465. The van der Waals surface area contributed by atoms with Gasteiger partial charge in [0.15, 0.2) is 9.84 Å². The molecule has 2 N–H and O–H groups in total. The molecule has 24 heavy (non-hydrogen) atoms. The van der Waals surface area contributed by atoms with Crippen LogP contribution in [0, 0.1) is 0 Å². The molecule has 3 rings (SSSR count). The summed E-state index contributed by atoms with van der Waals surface area (Å²) in [6.07, 6.45) is 7.40. The molecule has 1 aliphatic rings. The molecule has 0 bridgehead atoms. The summed E-state index contributed by atoms with van der Waals surface area (Å²) in [5, 5.41) is 2.80. The summed E-state index contributed by atoms with van der Waals surface area (Å²) in [5.74, 6) is 0.773. The number of nitrogens with one attached hydrogen (secondary N) is 2. The fraction of sp³-hybridized carbons (Fsp3) is 0.375. The Hall–Kier alpha value is -2.35. The van der Waals surface area contributed by atoms with E-state index in [0.717, 1.165) is 31.3 Å². The van der Waals surface area contributed by atoms with Crippen LogP contribution in [0.15, 0.2) is 41.6 Å². The Labute approximate surface area is 141 Å². The molecule has 0 aliphatic carbocycles. The Morgan fingerprint density at radius 3 is 2.92 bits per heavy atom. The first-order valence-electron chi connectivity index (χ1n) is 7.82. The smallest absolute Gasteiger partial charge is 0.322 e. The van der Waals surface area contributed by atoms with E-state index in [2.05, 4.69) is 15.3 Å². The van der Waals surface area contributed by atoms with Crippen molar-refractivity contribution in [2.24, 2.45) is 0 Å². The Morgan fingerprint density at radius 2 is 2.21 bits per heavy atom. The molecular weight excluding hydrogens is 328 g/mol. The van der Waals surface area contributed by atoms with Gasteiger partial charge in [0.25, 0.3) is 0 Å². The third-order valence-corrected chi connectivity index (χ3v) is 5.22. The predicted octanol–water partition coefficient (Wildman–Crippen LogP) is 2.57. The Bertz CT molecular complexity index is 818. The second-order valence-corrected chi connectivity index (χ2v) is 7.93. The number of aromatic nitrogens is 2. The van der Waals surface area contributed by atoms with Gasteiger partial charge in [0.1, 0.15) is 5.82 Å². The van der Waals surface area contributed by atoms with Gasteiger partial charge in [-0.1, -0.05) is 6.07 Å². The van der Waals surface area contributed by atoms with Crippen LogP contribution >= 0.6 is 0 Å². The van der Waals surface area contributed by atoms with Crippen LogP contribution in [0.1, 0.15) is 31.1 Å². The summed E-state index contributed by atoms with van der Waals surface area (Å²) in [6, 6.07) is 5.94. The number of aromatic amines is 1. The van der Waals surface area contributed by atoms with Gasteiger partial charge in [-0.2, -0.15) is 0 Å². The molecule has 8 heteroatoms. The van der Waals surface area contributed by atoms with Crippen LogP contribution in [0.5, 0.6) is 0 Å². The van der Waals surface area contributed by atoms with Crippen molar-refractivity contribution < 1.29 is 13.2 Å². The van der Waals surface area contributed by atoms with Gasteiger partial charge in [-0.25, -0.2) is 18.2 Å². The zero-order chi connectivity index (χ0) is 17.2. The lowest BCUT2D eigenvalue weighted by Gasteiger charge is -2.34. The molecule has 0 spiro atoms. The molecule has 2 aromatic rings. The van der Waals surface area contributed by atoms with Gasteiger partial charge in [0.2, 0.25) is 0 Å². The van der Waals surface area contributed by atoms with E-state index < -0.39 is 9.84 Å².